The number of allylic oxidation sites excluding steroid dienone is 1. The standard InChI is InChI=1S/C13H25N3/c1-4-8-14-9-5-10-16-11-6-13(7-12-16)15(2)3/h4,8-9,13H,5-7,10-12H2,1-3H3/b8-4-,14-9-. The number of hydrogen-bond donors (Lipinski definition) is 0. The van der Waals surface area contributed by atoms with E-state index < -0.39 is 0 Å². The van der Waals surface area contributed by atoms with Crippen LogP contribution in [0.3, 0.4) is 0 Å². The third-order valence-electron chi connectivity index (χ3n) is 3.20. The fourth-order valence-electron chi connectivity index (χ4n) is 2.12. The molecule has 0 aromatic rings. The van der Waals surface area contributed by atoms with Gasteiger partial charge in [0.05, 0.1) is 0 Å². The average Bonchev–Trinajstić information content (AvgIpc) is 2.29. The molecule has 92 valence electrons. The third-order valence-corrected chi connectivity index (χ3v) is 3.20. The summed E-state index contributed by atoms with van der Waals surface area (Å²) in [7, 11) is 4.37. The topological polar surface area (TPSA) is 18.8 Å². The Labute approximate surface area is 99.8 Å². The molecule has 3 heteroatoms. The summed E-state index contributed by atoms with van der Waals surface area (Å²) in [6.45, 7) is 5.62. The van der Waals surface area contributed by atoms with Crippen LogP contribution in [0, 0.1) is 0 Å². The molecular formula is C13H25N3. The summed E-state index contributed by atoms with van der Waals surface area (Å²) in [6.07, 6.45) is 9.49. The number of aliphatic imine (C=N–C) groups is 1. The quantitative estimate of drug-likeness (QED) is 0.664. The first-order valence-electron chi connectivity index (χ1n) is 6.25. The van der Waals surface area contributed by atoms with Gasteiger partial charge in [-0.1, -0.05) is 6.08 Å². The highest BCUT2D eigenvalue weighted by atomic mass is 15.2. The van der Waals surface area contributed by atoms with E-state index in [1.807, 2.05) is 25.4 Å². The molecule has 0 spiro atoms. The number of piperidine rings is 1. The summed E-state index contributed by atoms with van der Waals surface area (Å²) in [5, 5.41) is 0. The molecule has 0 saturated carbocycles. The van der Waals surface area contributed by atoms with E-state index >= 15 is 0 Å². The van der Waals surface area contributed by atoms with Gasteiger partial charge in [-0.2, -0.15) is 0 Å². The molecule has 0 bridgehead atoms. The van der Waals surface area contributed by atoms with Gasteiger partial charge in [-0.3, -0.25) is 4.99 Å². The molecule has 16 heavy (non-hydrogen) atoms. The SMILES string of the molecule is C/C=C\N=C/CCN1CCC(N(C)C)CC1. The van der Waals surface area contributed by atoms with E-state index in [1.165, 1.54) is 25.9 Å². The Balaban J connectivity index is 2.12. The largest absolute Gasteiger partial charge is 0.306 e. The summed E-state index contributed by atoms with van der Waals surface area (Å²) in [5.41, 5.74) is 0. The van der Waals surface area contributed by atoms with Crippen molar-refractivity contribution in [2.75, 3.05) is 33.7 Å². The molecule has 0 aliphatic carbocycles. The second-order valence-electron chi connectivity index (χ2n) is 4.64. The smallest absolute Gasteiger partial charge is 0.0221 e. The van der Waals surface area contributed by atoms with Crippen LogP contribution in [0.15, 0.2) is 17.3 Å². The lowest BCUT2D eigenvalue weighted by Crippen LogP contribution is -2.42. The fourth-order valence-corrected chi connectivity index (χ4v) is 2.12. The molecule has 1 aliphatic rings. The van der Waals surface area contributed by atoms with Crippen LogP contribution in [0.25, 0.3) is 0 Å². The van der Waals surface area contributed by atoms with Gasteiger partial charge in [-0.05, 0) is 53.4 Å². The molecule has 1 heterocycles. The van der Waals surface area contributed by atoms with E-state index in [-0.39, 0.29) is 0 Å². The second kappa shape index (κ2) is 7.58. The van der Waals surface area contributed by atoms with E-state index in [0.29, 0.717) is 0 Å². The van der Waals surface area contributed by atoms with Crippen molar-refractivity contribution in [3.05, 3.63) is 12.3 Å². The van der Waals surface area contributed by atoms with Gasteiger partial charge >= 0.3 is 0 Å². The van der Waals surface area contributed by atoms with E-state index in [0.717, 1.165) is 19.0 Å². The highest BCUT2D eigenvalue weighted by molar-refractivity contribution is 5.58. The van der Waals surface area contributed by atoms with Crippen LogP contribution in [0.4, 0.5) is 0 Å². The van der Waals surface area contributed by atoms with E-state index in [9.17, 15) is 0 Å². The summed E-state index contributed by atoms with van der Waals surface area (Å²) in [5.74, 6) is 0. The first-order valence-corrected chi connectivity index (χ1v) is 6.25. The minimum Gasteiger partial charge on any atom is -0.306 e. The highest BCUT2D eigenvalue weighted by Gasteiger charge is 2.19. The normalized spacial score (nSPS) is 20.5. The van der Waals surface area contributed by atoms with Crippen molar-refractivity contribution in [3.8, 4) is 0 Å². The Morgan fingerprint density at radius 3 is 2.56 bits per heavy atom. The Morgan fingerprint density at radius 1 is 1.31 bits per heavy atom. The van der Waals surface area contributed by atoms with E-state index in [1.54, 1.807) is 0 Å². The molecular weight excluding hydrogens is 198 g/mol. The lowest BCUT2D eigenvalue weighted by atomic mass is 10.0. The molecule has 3 nitrogen and oxygen atoms in total. The summed E-state index contributed by atoms with van der Waals surface area (Å²) in [4.78, 5) is 9.07. The summed E-state index contributed by atoms with van der Waals surface area (Å²) in [6, 6.07) is 0.785. The molecule has 0 N–H and O–H groups in total. The Kier molecular flexibility index (Phi) is 6.34. The predicted octanol–water partition coefficient (Wildman–Crippen LogP) is 2.01. The van der Waals surface area contributed by atoms with Gasteiger partial charge in [0.15, 0.2) is 0 Å². The van der Waals surface area contributed by atoms with Crippen molar-refractivity contribution in [2.45, 2.75) is 32.2 Å². The molecule has 0 aromatic heterocycles. The molecule has 0 radical (unpaired) electrons. The number of nitrogens with zero attached hydrogens (tertiary/aromatic N) is 3. The Bertz CT molecular complexity index is 225. The number of rotatable bonds is 5. The van der Waals surface area contributed by atoms with Gasteiger partial charge < -0.3 is 9.80 Å². The molecule has 1 aliphatic heterocycles. The third kappa shape index (κ3) is 4.90. The fraction of sp³-hybridized carbons (Fsp3) is 0.769. The zero-order valence-electron chi connectivity index (χ0n) is 10.9. The van der Waals surface area contributed by atoms with Gasteiger partial charge in [0.2, 0.25) is 0 Å². The second-order valence-corrected chi connectivity index (χ2v) is 4.64. The minimum absolute atomic E-state index is 0.785. The van der Waals surface area contributed by atoms with E-state index in [2.05, 4.69) is 28.9 Å². The van der Waals surface area contributed by atoms with E-state index in [4.69, 9.17) is 0 Å². The predicted molar refractivity (Wildman–Crippen MR) is 71.1 cm³/mol. The minimum atomic E-state index is 0.785. The maximum absolute atomic E-state index is 4.18. The summed E-state index contributed by atoms with van der Waals surface area (Å²) >= 11 is 0. The van der Waals surface area contributed by atoms with Crippen molar-refractivity contribution in [1.82, 2.24) is 9.80 Å². The maximum Gasteiger partial charge on any atom is 0.0221 e. The number of hydrogen-bond acceptors (Lipinski definition) is 3. The van der Waals surface area contributed by atoms with Crippen LogP contribution in [-0.2, 0) is 0 Å². The zero-order chi connectivity index (χ0) is 11.8. The molecule has 1 saturated heterocycles. The van der Waals surface area contributed by atoms with Crippen LogP contribution < -0.4 is 0 Å². The van der Waals surface area contributed by atoms with Crippen molar-refractivity contribution >= 4 is 6.21 Å². The molecule has 0 amide bonds. The van der Waals surface area contributed by atoms with Crippen LogP contribution in [-0.4, -0.2) is 55.8 Å². The van der Waals surface area contributed by atoms with Crippen molar-refractivity contribution in [2.24, 2.45) is 4.99 Å². The molecule has 1 fully saturated rings. The molecule has 0 atom stereocenters. The van der Waals surface area contributed by atoms with Gasteiger partial charge in [0, 0.05) is 25.0 Å². The molecule has 0 unspecified atom stereocenters. The van der Waals surface area contributed by atoms with Crippen molar-refractivity contribution in [1.29, 1.82) is 0 Å². The van der Waals surface area contributed by atoms with Gasteiger partial charge in [-0.25, -0.2) is 0 Å². The Hall–Kier alpha value is -0.670. The summed E-state index contributed by atoms with van der Waals surface area (Å²) < 4.78 is 0. The van der Waals surface area contributed by atoms with Gasteiger partial charge in [0.1, 0.15) is 0 Å². The highest BCUT2D eigenvalue weighted by Crippen LogP contribution is 2.13. The van der Waals surface area contributed by atoms with Crippen LogP contribution in [0.5, 0.6) is 0 Å². The van der Waals surface area contributed by atoms with Crippen LogP contribution in [0.2, 0.25) is 0 Å². The lowest BCUT2D eigenvalue weighted by molar-refractivity contribution is 0.148. The first-order chi connectivity index (χ1) is 7.74. The monoisotopic (exact) mass is 223 g/mol. The maximum atomic E-state index is 4.18. The number of likely N-dealkylation sites (tertiary alicyclic amines) is 1. The van der Waals surface area contributed by atoms with Crippen LogP contribution >= 0.6 is 0 Å². The molecule has 1 rings (SSSR count). The van der Waals surface area contributed by atoms with Crippen molar-refractivity contribution < 1.29 is 0 Å². The van der Waals surface area contributed by atoms with Crippen LogP contribution in [0.1, 0.15) is 26.2 Å². The van der Waals surface area contributed by atoms with Gasteiger partial charge in [0.25, 0.3) is 0 Å². The molecule has 0 aromatic carbocycles. The average molecular weight is 223 g/mol. The zero-order valence-corrected chi connectivity index (χ0v) is 10.9. The Morgan fingerprint density at radius 2 is 2.00 bits per heavy atom. The van der Waals surface area contributed by atoms with Gasteiger partial charge in [-0.15, -0.1) is 0 Å². The van der Waals surface area contributed by atoms with Crippen molar-refractivity contribution in [3.63, 3.8) is 0 Å². The lowest BCUT2D eigenvalue weighted by Gasteiger charge is -2.34. The first kappa shape index (κ1) is 13.4.